The molecule has 0 aromatic heterocycles. The van der Waals surface area contributed by atoms with Crippen LogP contribution in [0, 0.1) is 5.92 Å². The van der Waals surface area contributed by atoms with E-state index in [9.17, 15) is 9.90 Å². The van der Waals surface area contributed by atoms with Gasteiger partial charge in [-0.3, -0.25) is 4.79 Å². The summed E-state index contributed by atoms with van der Waals surface area (Å²) < 4.78 is 0. The number of fused-ring (bicyclic) bond motifs is 3. The molecule has 2 fully saturated rings. The van der Waals surface area contributed by atoms with Crippen molar-refractivity contribution in [2.75, 3.05) is 0 Å². The van der Waals surface area contributed by atoms with E-state index in [1.165, 1.54) is 16.3 Å². The summed E-state index contributed by atoms with van der Waals surface area (Å²) in [4.78, 5) is 12.6. The van der Waals surface area contributed by atoms with Crippen molar-refractivity contribution in [2.45, 2.75) is 50.3 Å². The van der Waals surface area contributed by atoms with E-state index in [0.717, 1.165) is 12.8 Å². The summed E-state index contributed by atoms with van der Waals surface area (Å²) >= 11 is 0. The van der Waals surface area contributed by atoms with Crippen molar-refractivity contribution in [3.8, 4) is 0 Å². The van der Waals surface area contributed by atoms with Crippen LogP contribution in [0.15, 0.2) is 42.5 Å². The molecule has 0 saturated carbocycles. The molecule has 2 bridgehead atoms. The highest BCUT2D eigenvalue weighted by atomic mass is 16.3. The molecular weight excluding hydrogens is 286 g/mol. The summed E-state index contributed by atoms with van der Waals surface area (Å²) in [6.45, 7) is 1.92. The predicted octanol–water partition coefficient (Wildman–Crippen LogP) is 3.01. The zero-order chi connectivity index (χ0) is 16.0. The Morgan fingerprint density at radius 2 is 1.96 bits per heavy atom. The van der Waals surface area contributed by atoms with Gasteiger partial charge in [0, 0.05) is 24.4 Å². The third-order valence-electron chi connectivity index (χ3n) is 5.65. The second kappa shape index (κ2) is 5.73. The van der Waals surface area contributed by atoms with Crippen molar-refractivity contribution in [3.05, 3.63) is 48.0 Å². The van der Waals surface area contributed by atoms with E-state index in [4.69, 9.17) is 0 Å². The maximum absolute atomic E-state index is 12.6. The van der Waals surface area contributed by atoms with Crippen molar-refractivity contribution < 1.29 is 9.90 Å². The topological polar surface area (TPSA) is 49.3 Å². The van der Waals surface area contributed by atoms with Crippen LogP contribution in [-0.2, 0) is 4.79 Å². The van der Waals surface area contributed by atoms with Crippen molar-refractivity contribution in [1.82, 2.24) is 5.32 Å². The molecule has 2 saturated heterocycles. The Morgan fingerprint density at radius 1 is 1.17 bits per heavy atom. The second-order valence-corrected chi connectivity index (χ2v) is 6.99. The molecule has 3 nitrogen and oxygen atoms in total. The number of rotatable bonds is 3. The molecule has 2 aromatic carbocycles. The molecule has 4 rings (SSSR count). The Morgan fingerprint density at radius 3 is 2.74 bits per heavy atom. The van der Waals surface area contributed by atoms with Crippen LogP contribution in [-0.4, -0.2) is 29.1 Å². The monoisotopic (exact) mass is 309 g/mol. The van der Waals surface area contributed by atoms with Crippen LogP contribution >= 0.6 is 0 Å². The second-order valence-electron chi connectivity index (χ2n) is 6.99. The van der Waals surface area contributed by atoms with Crippen LogP contribution in [0.4, 0.5) is 0 Å². The molecule has 2 heterocycles. The Labute approximate surface area is 136 Å². The van der Waals surface area contributed by atoms with Gasteiger partial charge in [-0.15, -0.1) is 0 Å². The quantitative estimate of drug-likeness (QED) is 0.916. The first-order valence-electron chi connectivity index (χ1n) is 8.63. The Hall–Kier alpha value is -1.71. The first kappa shape index (κ1) is 14.9. The number of aliphatic hydroxyl groups is 1. The van der Waals surface area contributed by atoms with Gasteiger partial charge < -0.3 is 10.4 Å². The van der Waals surface area contributed by atoms with E-state index in [2.05, 4.69) is 41.7 Å². The lowest BCUT2D eigenvalue weighted by molar-refractivity contribution is -0.125. The lowest BCUT2D eigenvalue weighted by Gasteiger charge is -2.37. The number of carbonyl (C=O) groups excluding carboxylic acids is 1. The minimum atomic E-state index is -0.397. The average molecular weight is 309 g/mol. The smallest absolute Gasteiger partial charge is 0.137 e. The highest BCUT2D eigenvalue weighted by Crippen LogP contribution is 2.43. The number of piperidine rings is 1. The molecule has 2 N–H and O–H groups in total. The normalized spacial score (nSPS) is 33.0. The summed E-state index contributed by atoms with van der Waals surface area (Å²) in [6, 6.07) is 15.1. The van der Waals surface area contributed by atoms with Gasteiger partial charge in [0.15, 0.2) is 0 Å². The highest BCUT2D eigenvalue weighted by Gasteiger charge is 2.49. The molecule has 2 aliphatic heterocycles. The zero-order valence-electron chi connectivity index (χ0n) is 13.4. The minimum absolute atomic E-state index is 0.0855. The first-order valence-corrected chi connectivity index (χ1v) is 8.63. The number of Topliss-reactive ketones (excluding diaryl/α,β-unsaturated/α-hetero) is 1. The van der Waals surface area contributed by atoms with Gasteiger partial charge in [0.25, 0.3) is 0 Å². The standard InChI is InChI=1S/C20H23NO2/c1-2-17(22)19-16(10-15-11-18(23)20(19)21-15)14-8-7-12-5-3-4-6-13(12)9-14/h3-9,15-16,18-21,23H,2,10-11H2,1H3/t15?,16-,18?,19+,20-/m0/s1. The van der Waals surface area contributed by atoms with E-state index in [-0.39, 0.29) is 23.7 Å². The zero-order valence-corrected chi connectivity index (χ0v) is 13.4. The summed E-state index contributed by atoms with van der Waals surface area (Å²) in [6.07, 6.45) is 1.83. The molecule has 0 radical (unpaired) electrons. The summed E-state index contributed by atoms with van der Waals surface area (Å²) in [5, 5.41) is 16.3. The Bertz CT molecular complexity index is 741. The number of hydrogen-bond acceptors (Lipinski definition) is 3. The van der Waals surface area contributed by atoms with Crippen molar-refractivity contribution >= 4 is 16.6 Å². The summed E-state index contributed by atoms with van der Waals surface area (Å²) in [5.74, 6) is 0.357. The molecule has 120 valence electrons. The van der Waals surface area contributed by atoms with Crippen molar-refractivity contribution in [1.29, 1.82) is 0 Å². The molecular formula is C20H23NO2. The fourth-order valence-electron chi connectivity index (χ4n) is 4.54. The van der Waals surface area contributed by atoms with Crippen LogP contribution in [0.3, 0.4) is 0 Å². The maximum Gasteiger partial charge on any atom is 0.137 e. The molecule has 2 aromatic rings. The van der Waals surface area contributed by atoms with Crippen molar-refractivity contribution in [3.63, 3.8) is 0 Å². The molecule has 0 aliphatic carbocycles. The van der Waals surface area contributed by atoms with Crippen LogP contribution in [0.5, 0.6) is 0 Å². The van der Waals surface area contributed by atoms with Crippen LogP contribution in [0.25, 0.3) is 10.8 Å². The molecule has 3 heteroatoms. The van der Waals surface area contributed by atoms with Crippen LogP contribution < -0.4 is 5.32 Å². The van der Waals surface area contributed by atoms with Gasteiger partial charge in [-0.1, -0.05) is 49.4 Å². The third-order valence-corrected chi connectivity index (χ3v) is 5.65. The third kappa shape index (κ3) is 2.48. The average Bonchev–Trinajstić information content (AvgIpc) is 2.88. The number of aliphatic hydroxyl groups excluding tert-OH is 1. The fraction of sp³-hybridized carbons (Fsp3) is 0.450. The summed E-state index contributed by atoms with van der Waals surface area (Å²) in [7, 11) is 0. The van der Waals surface area contributed by atoms with Gasteiger partial charge in [-0.2, -0.15) is 0 Å². The van der Waals surface area contributed by atoms with Crippen LogP contribution in [0.2, 0.25) is 0 Å². The van der Waals surface area contributed by atoms with E-state index in [1.54, 1.807) is 0 Å². The molecule has 2 aliphatic rings. The molecule has 0 amide bonds. The number of ketones is 1. The lowest BCUT2D eigenvalue weighted by atomic mass is 9.74. The van der Waals surface area contributed by atoms with Gasteiger partial charge in [0.05, 0.1) is 6.10 Å². The highest BCUT2D eigenvalue weighted by molar-refractivity contribution is 5.85. The Kier molecular flexibility index (Phi) is 3.70. The van der Waals surface area contributed by atoms with E-state index < -0.39 is 6.10 Å². The van der Waals surface area contributed by atoms with Gasteiger partial charge >= 0.3 is 0 Å². The fourth-order valence-corrected chi connectivity index (χ4v) is 4.54. The molecule has 5 atom stereocenters. The van der Waals surface area contributed by atoms with Gasteiger partial charge in [0.1, 0.15) is 5.78 Å². The van der Waals surface area contributed by atoms with Gasteiger partial charge in [-0.05, 0) is 35.1 Å². The maximum atomic E-state index is 12.6. The minimum Gasteiger partial charge on any atom is -0.391 e. The molecule has 2 unspecified atom stereocenters. The summed E-state index contributed by atoms with van der Waals surface area (Å²) in [5.41, 5.74) is 1.24. The van der Waals surface area contributed by atoms with E-state index >= 15 is 0 Å². The number of nitrogens with one attached hydrogen (secondary N) is 1. The Balaban J connectivity index is 1.76. The van der Waals surface area contributed by atoms with E-state index in [1.807, 2.05) is 13.0 Å². The van der Waals surface area contributed by atoms with E-state index in [0.29, 0.717) is 12.5 Å². The van der Waals surface area contributed by atoms with Crippen molar-refractivity contribution in [2.24, 2.45) is 5.92 Å². The molecule has 23 heavy (non-hydrogen) atoms. The molecule has 0 spiro atoms. The first-order chi connectivity index (χ1) is 11.2. The van der Waals surface area contributed by atoms with Crippen LogP contribution in [0.1, 0.15) is 37.7 Å². The number of carbonyl (C=O) groups is 1. The largest absolute Gasteiger partial charge is 0.391 e. The van der Waals surface area contributed by atoms with Gasteiger partial charge in [0.2, 0.25) is 0 Å². The number of benzene rings is 2. The van der Waals surface area contributed by atoms with Gasteiger partial charge in [-0.25, -0.2) is 0 Å². The SMILES string of the molecule is CCC(=O)[C@H]1[C@H](c2ccc3ccccc3c2)CC2CC(O)[C@@H]1N2. The predicted molar refractivity (Wildman–Crippen MR) is 91.4 cm³/mol. The number of hydrogen-bond donors (Lipinski definition) is 2. The lowest BCUT2D eigenvalue weighted by Crippen LogP contribution is -2.50.